The van der Waals surface area contributed by atoms with Crippen LogP contribution in [0.4, 0.5) is 4.79 Å². The van der Waals surface area contributed by atoms with E-state index in [0.717, 1.165) is 12.7 Å². The number of hydrogen-bond acceptors (Lipinski definition) is 6. The summed E-state index contributed by atoms with van der Waals surface area (Å²) in [4.78, 5) is 23.2. The molecule has 9 heteroatoms. The zero-order valence-electron chi connectivity index (χ0n) is 13.4. The Hall–Kier alpha value is -2.39. The van der Waals surface area contributed by atoms with Crippen LogP contribution in [0.25, 0.3) is 0 Å². The van der Waals surface area contributed by atoms with Gasteiger partial charge in [-0.15, -0.1) is 0 Å². The molecule has 24 heavy (non-hydrogen) atoms. The van der Waals surface area contributed by atoms with Crippen molar-refractivity contribution < 1.29 is 27.5 Å². The second kappa shape index (κ2) is 9.04. The highest BCUT2D eigenvalue weighted by Gasteiger charge is 2.25. The summed E-state index contributed by atoms with van der Waals surface area (Å²) in [5.74, 6) is -0.808. The summed E-state index contributed by atoms with van der Waals surface area (Å²) >= 11 is 0. The van der Waals surface area contributed by atoms with Crippen LogP contribution in [0.1, 0.15) is 5.56 Å². The quantitative estimate of drug-likeness (QED) is 0.525. The van der Waals surface area contributed by atoms with E-state index in [1.54, 1.807) is 12.1 Å². The molecule has 1 aromatic rings. The summed E-state index contributed by atoms with van der Waals surface area (Å²) < 4.78 is 35.9. The van der Waals surface area contributed by atoms with Gasteiger partial charge in [-0.2, -0.15) is 0 Å². The Morgan fingerprint density at radius 3 is 2.46 bits per heavy atom. The van der Waals surface area contributed by atoms with Gasteiger partial charge in [0.15, 0.2) is 0 Å². The topological polar surface area (TPSA) is 111 Å². The first-order valence-electron chi connectivity index (χ1n) is 6.98. The zero-order valence-corrected chi connectivity index (χ0v) is 14.3. The monoisotopic (exact) mass is 356 g/mol. The molecule has 0 aromatic heterocycles. The fourth-order valence-corrected chi connectivity index (χ4v) is 2.70. The van der Waals surface area contributed by atoms with Gasteiger partial charge in [-0.1, -0.05) is 30.4 Å². The highest BCUT2D eigenvalue weighted by molar-refractivity contribution is 7.89. The Labute approximate surface area is 140 Å². The summed E-state index contributed by atoms with van der Waals surface area (Å²) in [5.41, 5.74) is 0.910. The first-order chi connectivity index (χ1) is 11.3. The number of sulfonamides is 1. The van der Waals surface area contributed by atoms with Crippen LogP contribution in [0, 0.1) is 6.92 Å². The lowest BCUT2D eigenvalue weighted by molar-refractivity contribution is -0.142. The van der Waals surface area contributed by atoms with E-state index >= 15 is 0 Å². The fourth-order valence-electron chi connectivity index (χ4n) is 1.65. The van der Waals surface area contributed by atoms with Crippen LogP contribution in [-0.2, 0) is 24.3 Å². The number of aryl methyl sites for hydroxylation is 1. The van der Waals surface area contributed by atoms with Crippen molar-refractivity contribution in [3.63, 3.8) is 0 Å². The summed E-state index contributed by atoms with van der Waals surface area (Å²) in [7, 11) is -2.71. The van der Waals surface area contributed by atoms with E-state index in [9.17, 15) is 18.0 Å². The maximum atomic E-state index is 12.2. The first-order valence-corrected chi connectivity index (χ1v) is 8.47. The average Bonchev–Trinajstić information content (AvgIpc) is 2.56. The van der Waals surface area contributed by atoms with E-state index in [0.29, 0.717) is 0 Å². The number of carbonyl (C=O) groups excluding carboxylic acids is 2. The molecule has 0 aliphatic heterocycles. The highest BCUT2D eigenvalue weighted by Crippen LogP contribution is 2.09. The van der Waals surface area contributed by atoms with Crippen molar-refractivity contribution in [3.8, 4) is 0 Å². The molecular formula is C15H20N2O6S. The number of esters is 1. The fraction of sp³-hybridized carbons (Fsp3) is 0.333. The molecule has 0 bridgehead atoms. The maximum absolute atomic E-state index is 12.2. The van der Waals surface area contributed by atoms with Gasteiger partial charge in [-0.05, 0) is 19.1 Å². The Morgan fingerprint density at radius 2 is 1.92 bits per heavy atom. The first kappa shape index (κ1) is 19.7. The Kier molecular flexibility index (Phi) is 7.40. The van der Waals surface area contributed by atoms with E-state index in [1.807, 2.05) is 6.92 Å². The van der Waals surface area contributed by atoms with Crippen LogP contribution >= 0.6 is 0 Å². The molecule has 0 heterocycles. The molecule has 0 unspecified atom stereocenters. The summed E-state index contributed by atoms with van der Waals surface area (Å²) in [6, 6.07) is 4.95. The standard InChI is InChI=1S/C15H20N2O6S/c1-4-9-23-15(19)17-13(14(18)22-3)10-16-24(20,21)12-7-5-11(2)6-8-12/h4-8,13,16H,1,9-10H2,2-3H3,(H,17,19)/t13-/m0/s1. The van der Waals surface area contributed by atoms with Gasteiger partial charge in [0.25, 0.3) is 0 Å². The van der Waals surface area contributed by atoms with E-state index in [-0.39, 0.29) is 18.0 Å². The van der Waals surface area contributed by atoms with E-state index < -0.39 is 28.1 Å². The predicted molar refractivity (Wildman–Crippen MR) is 86.9 cm³/mol. The molecule has 1 amide bonds. The van der Waals surface area contributed by atoms with Gasteiger partial charge in [-0.3, -0.25) is 0 Å². The van der Waals surface area contributed by atoms with Crippen molar-refractivity contribution in [2.24, 2.45) is 0 Å². The Bertz CT molecular complexity index is 684. The number of hydrogen-bond donors (Lipinski definition) is 2. The molecule has 1 rings (SSSR count). The SMILES string of the molecule is C=CCOC(=O)N[C@@H](CNS(=O)(=O)c1ccc(C)cc1)C(=O)OC. The summed E-state index contributed by atoms with van der Waals surface area (Å²) in [6.45, 7) is 4.78. The van der Waals surface area contributed by atoms with Gasteiger partial charge in [0, 0.05) is 6.54 Å². The van der Waals surface area contributed by atoms with Crippen LogP contribution in [-0.4, -0.2) is 46.8 Å². The van der Waals surface area contributed by atoms with Crippen LogP contribution in [0.5, 0.6) is 0 Å². The van der Waals surface area contributed by atoms with Crippen molar-refractivity contribution in [1.82, 2.24) is 10.0 Å². The molecule has 0 fully saturated rings. The van der Waals surface area contributed by atoms with Crippen molar-refractivity contribution in [2.45, 2.75) is 17.9 Å². The van der Waals surface area contributed by atoms with Gasteiger partial charge in [-0.25, -0.2) is 22.7 Å². The third kappa shape index (κ3) is 6.01. The minimum atomic E-state index is -3.83. The highest BCUT2D eigenvalue weighted by atomic mass is 32.2. The van der Waals surface area contributed by atoms with Crippen molar-refractivity contribution in [1.29, 1.82) is 0 Å². The number of nitrogens with one attached hydrogen (secondary N) is 2. The lowest BCUT2D eigenvalue weighted by Gasteiger charge is -2.17. The second-order valence-corrected chi connectivity index (χ2v) is 6.54. The van der Waals surface area contributed by atoms with E-state index in [4.69, 9.17) is 4.74 Å². The maximum Gasteiger partial charge on any atom is 0.408 e. The normalized spacial score (nSPS) is 12.1. The zero-order chi connectivity index (χ0) is 18.2. The molecule has 0 saturated carbocycles. The molecule has 132 valence electrons. The molecule has 1 aromatic carbocycles. The third-order valence-corrected chi connectivity index (χ3v) is 4.36. The number of rotatable bonds is 8. The minimum Gasteiger partial charge on any atom is -0.467 e. The van der Waals surface area contributed by atoms with Crippen molar-refractivity contribution in [2.75, 3.05) is 20.3 Å². The number of ether oxygens (including phenoxy) is 2. The van der Waals surface area contributed by atoms with Crippen LogP contribution < -0.4 is 10.0 Å². The largest absolute Gasteiger partial charge is 0.467 e. The molecule has 8 nitrogen and oxygen atoms in total. The Morgan fingerprint density at radius 1 is 1.29 bits per heavy atom. The number of carbonyl (C=O) groups is 2. The summed E-state index contributed by atoms with van der Waals surface area (Å²) in [6.07, 6.45) is 0.465. The second-order valence-electron chi connectivity index (χ2n) is 4.77. The van der Waals surface area contributed by atoms with Gasteiger partial charge in [0.1, 0.15) is 12.6 Å². The minimum absolute atomic E-state index is 0.0468. The van der Waals surface area contributed by atoms with Gasteiger partial charge < -0.3 is 14.8 Å². The molecule has 0 aliphatic carbocycles. The van der Waals surface area contributed by atoms with Crippen LogP contribution in [0.15, 0.2) is 41.8 Å². The lowest BCUT2D eigenvalue weighted by Crippen LogP contribution is -2.49. The van der Waals surface area contributed by atoms with E-state index in [1.165, 1.54) is 18.2 Å². The summed E-state index contributed by atoms with van der Waals surface area (Å²) in [5, 5.41) is 2.23. The smallest absolute Gasteiger partial charge is 0.408 e. The van der Waals surface area contributed by atoms with Crippen molar-refractivity contribution >= 4 is 22.1 Å². The van der Waals surface area contributed by atoms with Crippen LogP contribution in [0.3, 0.4) is 0 Å². The molecule has 1 atom stereocenters. The van der Waals surface area contributed by atoms with Gasteiger partial charge >= 0.3 is 12.1 Å². The molecule has 2 N–H and O–H groups in total. The van der Waals surface area contributed by atoms with Gasteiger partial charge in [0.05, 0.1) is 12.0 Å². The van der Waals surface area contributed by atoms with Gasteiger partial charge in [0.2, 0.25) is 10.0 Å². The molecule has 0 spiro atoms. The lowest BCUT2D eigenvalue weighted by atomic mass is 10.2. The van der Waals surface area contributed by atoms with E-state index in [2.05, 4.69) is 21.4 Å². The molecule has 0 aliphatic rings. The molecule has 0 radical (unpaired) electrons. The third-order valence-electron chi connectivity index (χ3n) is 2.92. The predicted octanol–water partition coefficient (Wildman–Crippen LogP) is 0.727. The molecule has 0 saturated heterocycles. The average molecular weight is 356 g/mol. The van der Waals surface area contributed by atoms with Crippen molar-refractivity contribution in [3.05, 3.63) is 42.5 Å². The number of amides is 1. The number of alkyl carbamates (subject to hydrolysis) is 1. The number of methoxy groups -OCH3 is 1. The Balaban J connectivity index is 2.76. The number of benzene rings is 1. The van der Waals surface area contributed by atoms with Crippen LogP contribution in [0.2, 0.25) is 0 Å². The molecular weight excluding hydrogens is 336 g/mol.